The zero-order valence-electron chi connectivity index (χ0n) is 15.6. The number of amides is 1. The molecule has 11 heteroatoms. The Balaban J connectivity index is 0.00000392. The zero-order chi connectivity index (χ0) is 20.6. The van der Waals surface area contributed by atoms with Crippen LogP contribution >= 0.6 is 0 Å². The van der Waals surface area contributed by atoms with Gasteiger partial charge in [-0.25, -0.2) is 18.4 Å². The van der Waals surface area contributed by atoms with Crippen molar-refractivity contribution < 1.29 is 26.4 Å². The highest BCUT2D eigenvalue weighted by molar-refractivity contribution is 7.91. The van der Waals surface area contributed by atoms with Crippen molar-refractivity contribution in [2.45, 2.75) is 47.3 Å². The van der Waals surface area contributed by atoms with E-state index in [1.807, 2.05) is 20.8 Å². The molecule has 160 valence electrons. The number of alkyl halides is 3. The van der Waals surface area contributed by atoms with E-state index in [-0.39, 0.29) is 49.4 Å². The SMILES string of the molecule is C.C[C@H](Nc1ncc(C(=O)N2CCS(=O)(=O)CC2)c(C(F)(F)F)n1)C(C)(C)C. The molecule has 0 spiro atoms. The molecule has 0 unspecified atom stereocenters. The Morgan fingerprint density at radius 2 is 1.75 bits per heavy atom. The molecule has 1 fully saturated rings. The molecule has 1 aliphatic rings. The number of aromatic nitrogens is 2. The summed E-state index contributed by atoms with van der Waals surface area (Å²) in [5.74, 6) is -1.69. The normalized spacial score (nSPS) is 18.2. The molecule has 1 aliphatic heterocycles. The third-order valence-electron chi connectivity index (χ3n) is 4.56. The molecule has 0 bridgehead atoms. The lowest BCUT2D eigenvalue weighted by Crippen LogP contribution is -2.44. The first-order chi connectivity index (χ1) is 12.2. The van der Waals surface area contributed by atoms with Crippen molar-refractivity contribution in [3.05, 3.63) is 17.5 Å². The Bertz CT molecular complexity index is 806. The lowest BCUT2D eigenvalue weighted by atomic mass is 9.88. The van der Waals surface area contributed by atoms with Crippen molar-refractivity contribution in [2.75, 3.05) is 29.9 Å². The van der Waals surface area contributed by atoms with E-state index in [9.17, 15) is 26.4 Å². The summed E-state index contributed by atoms with van der Waals surface area (Å²) in [5.41, 5.74) is -2.26. The van der Waals surface area contributed by atoms with Crippen LogP contribution in [0.25, 0.3) is 0 Å². The summed E-state index contributed by atoms with van der Waals surface area (Å²) in [4.78, 5) is 21.0. The number of rotatable bonds is 3. The van der Waals surface area contributed by atoms with Gasteiger partial charge in [0.2, 0.25) is 5.95 Å². The second-order valence-electron chi connectivity index (χ2n) is 7.63. The molecular formula is C17H27F3N4O3S. The molecule has 2 rings (SSSR count). The van der Waals surface area contributed by atoms with Crippen LogP contribution in [-0.2, 0) is 16.0 Å². The van der Waals surface area contributed by atoms with E-state index in [0.29, 0.717) is 0 Å². The van der Waals surface area contributed by atoms with E-state index in [1.54, 1.807) is 6.92 Å². The number of nitrogens with zero attached hydrogens (tertiary/aromatic N) is 3. The Labute approximate surface area is 163 Å². The summed E-state index contributed by atoms with van der Waals surface area (Å²) in [7, 11) is -3.26. The monoisotopic (exact) mass is 424 g/mol. The van der Waals surface area contributed by atoms with Gasteiger partial charge in [-0.3, -0.25) is 4.79 Å². The molecule has 1 aromatic heterocycles. The third-order valence-corrected chi connectivity index (χ3v) is 6.17. The van der Waals surface area contributed by atoms with Crippen LogP contribution in [0.5, 0.6) is 0 Å². The van der Waals surface area contributed by atoms with Crippen molar-refractivity contribution in [1.29, 1.82) is 0 Å². The number of halogens is 3. The van der Waals surface area contributed by atoms with Crippen LogP contribution in [0.2, 0.25) is 0 Å². The lowest BCUT2D eigenvalue weighted by Gasteiger charge is -2.29. The van der Waals surface area contributed by atoms with Gasteiger partial charge in [0, 0.05) is 25.3 Å². The standard InChI is InChI=1S/C16H23F3N4O3S.CH4/c1-10(15(2,3)4)21-14-20-9-11(12(22-14)16(17,18)19)13(24)23-5-7-27(25,26)8-6-23;/h9-10H,5-8H2,1-4H3,(H,20,21,22);1H4/t10-;/m0./s1. The van der Waals surface area contributed by atoms with Crippen molar-refractivity contribution in [2.24, 2.45) is 5.41 Å². The second kappa shape index (κ2) is 8.22. The summed E-state index contributed by atoms with van der Waals surface area (Å²) >= 11 is 0. The largest absolute Gasteiger partial charge is 0.434 e. The number of carbonyl (C=O) groups excluding carboxylic acids is 1. The molecule has 0 saturated carbocycles. The number of hydrogen-bond acceptors (Lipinski definition) is 6. The first-order valence-corrected chi connectivity index (χ1v) is 10.2. The molecule has 2 heterocycles. The van der Waals surface area contributed by atoms with E-state index < -0.39 is 33.2 Å². The molecular weight excluding hydrogens is 397 g/mol. The smallest absolute Gasteiger partial charge is 0.351 e. The molecule has 0 radical (unpaired) electrons. The summed E-state index contributed by atoms with van der Waals surface area (Å²) in [6.45, 7) is 7.23. The molecule has 1 saturated heterocycles. The fourth-order valence-electron chi connectivity index (χ4n) is 2.32. The molecule has 1 atom stereocenters. The maximum absolute atomic E-state index is 13.5. The summed E-state index contributed by atoms with van der Waals surface area (Å²) in [5, 5.41) is 2.82. The van der Waals surface area contributed by atoms with Gasteiger partial charge in [-0.15, -0.1) is 0 Å². The molecule has 1 N–H and O–H groups in total. The van der Waals surface area contributed by atoms with Gasteiger partial charge in [-0.05, 0) is 12.3 Å². The van der Waals surface area contributed by atoms with E-state index >= 15 is 0 Å². The summed E-state index contributed by atoms with van der Waals surface area (Å²) in [6, 6.07) is -0.215. The lowest BCUT2D eigenvalue weighted by molar-refractivity contribution is -0.141. The number of nitrogens with one attached hydrogen (secondary N) is 1. The van der Waals surface area contributed by atoms with Crippen LogP contribution in [0, 0.1) is 5.41 Å². The highest BCUT2D eigenvalue weighted by Gasteiger charge is 2.40. The van der Waals surface area contributed by atoms with Gasteiger partial charge in [0.25, 0.3) is 5.91 Å². The van der Waals surface area contributed by atoms with Crippen molar-refractivity contribution in [3.8, 4) is 0 Å². The maximum atomic E-state index is 13.5. The van der Waals surface area contributed by atoms with Crippen molar-refractivity contribution in [3.63, 3.8) is 0 Å². The molecule has 7 nitrogen and oxygen atoms in total. The minimum atomic E-state index is -4.85. The minimum Gasteiger partial charge on any atom is -0.351 e. The molecule has 28 heavy (non-hydrogen) atoms. The van der Waals surface area contributed by atoms with Gasteiger partial charge in [0.05, 0.1) is 17.1 Å². The fourth-order valence-corrected chi connectivity index (χ4v) is 3.52. The fraction of sp³-hybridized carbons (Fsp3) is 0.706. The minimum absolute atomic E-state index is 0. The maximum Gasteiger partial charge on any atom is 0.434 e. The topological polar surface area (TPSA) is 92.3 Å². The van der Waals surface area contributed by atoms with Crippen molar-refractivity contribution >= 4 is 21.7 Å². The van der Waals surface area contributed by atoms with Gasteiger partial charge in [0.15, 0.2) is 15.5 Å². The van der Waals surface area contributed by atoms with E-state index in [0.717, 1.165) is 11.1 Å². The van der Waals surface area contributed by atoms with Crippen molar-refractivity contribution in [1.82, 2.24) is 14.9 Å². The first kappa shape index (κ1) is 24.1. The molecule has 0 aliphatic carbocycles. The average Bonchev–Trinajstić information content (AvgIpc) is 2.52. The van der Waals surface area contributed by atoms with Gasteiger partial charge in [-0.1, -0.05) is 28.2 Å². The highest BCUT2D eigenvalue weighted by Crippen LogP contribution is 2.32. The highest BCUT2D eigenvalue weighted by atomic mass is 32.2. The third kappa shape index (κ3) is 5.79. The predicted molar refractivity (Wildman–Crippen MR) is 101 cm³/mol. The van der Waals surface area contributed by atoms with Gasteiger partial charge in [0.1, 0.15) is 0 Å². The van der Waals surface area contributed by atoms with Gasteiger partial charge in [-0.2, -0.15) is 13.2 Å². The van der Waals surface area contributed by atoms with Crippen LogP contribution in [-0.4, -0.2) is 59.8 Å². The van der Waals surface area contributed by atoms with Crippen LogP contribution in [0.1, 0.15) is 51.2 Å². The van der Waals surface area contributed by atoms with E-state index in [4.69, 9.17) is 0 Å². The van der Waals surface area contributed by atoms with Crippen LogP contribution in [0.3, 0.4) is 0 Å². The first-order valence-electron chi connectivity index (χ1n) is 8.41. The molecule has 0 aromatic carbocycles. The predicted octanol–water partition coefficient (Wildman–Crippen LogP) is 2.85. The molecule has 1 aromatic rings. The summed E-state index contributed by atoms with van der Waals surface area (Å²) in [6.07, 6.45) is -4.00. The number of sulfone groups is 1. The van der Waals surface area contributed by atoms with Crippen LogP contribution in [0.15, 0.2) is 6.20 Å². The number of carbonyl (C=O) groups is 1. The van der Waals surface area contributed by atoms with E-state index in [1.165, 1.54) is 0 Å². The Morgan fingerprint density at radius 3 is 2.21 bits per heavy atom. The second-order valence-corrected chi connectivity index (χ2v) is 9.93. The summed E-state index contributed by atoms with van der Waals surface area (Å²) < 4.78 is 63.3. The Morgan fingerprint density at radius 1 is 1.21 bits per heavy atom. The average molecular weight is 424 g/mol. The van der Waals surface area contributed by atoms with Gasteiger partial charge < -0.3 is 10.2 Å². The number of anilines is 1. The Hall–Kier alpha value is -1.91. The van der Waals surface area contributed by atoms with E-state index in [2.05, 4.69) is 15.3 Å². The van der Waals surface area contributed by atoms with Crippen LogP contribution < -0.4 is 5.32 Å². The van der Waals surface area contributed by atoms with Gasteiger partial charge >= 0.3 is 6.18 Å². The quantitative estimate of drug-likeness (QED) is 0.802. The van der Waals surface area contributed by atoms with Crippen LogP contribution in [0.4, 0.5) is 19.1 Å². The zero-order valence-corrected chi connectivity index (χ0v) is 16.4. The Kier molecular flexibility index (Phi) is 7.08. The molecule has 1 amide bonds. The number of hydrogen-bond donors (Lipinski definition) is 1.